The number of carbonyl (C=O) groups excluding carboxylic acids is 1. The Kier molecular flexibility index (Phi) is 5.54. The number of hydrogen-bond acceptors (Lipinski definition) is 2. The van der Waals surface area contributed by atoms with Crippen molar-refractivity contribution in [3.8, 4) is 0 Å². The average Bonchev–Trinajstić information content (AvgIpc) is 2.30. The fourth-order valence-corrected chi connectivity index (χ4v) is 2.57. The smallest absolute Gasteiger partial charge is 0.227 e. The molecule has 3 nitrogen and oxygen atoms in total. The van der Waals surface area contributed by atoms with Gasteiger partial charge in [-0.1, -0.05) is 19.9 Å². The van der Waals surface area contributed by atoms with Gasteiger partial charge in [0.1, 0.15) is 0 Å². The first kappa shape index (κ1) is 14.9. The SMILES string of the molecule is CCC(CC)C(=O)Nc1cc(C)ccc1S(C)=O. The molecule has 0 spiro atoms. The van der Waals surface area contributed by atoms with E-state index < -0.39 is 10.8 Å². The van der Waals surface area contributed by atoms with Gasteiger partial charge < -0.3 is 5.32 Å². The molecule has 100 valence electrons. The molecule has 1 N–H and O–H groups in total. The first-order valence-electron chi connectivity index (χ1n) is 6.24. The van der Waals surface area contributed by atoms with E-state index in [0.717, 1.165) is 18.4 Å². The van der Waals surface area contributed by atoms with Crippen molar-refractivity contribution < 1.29 is 9.00 Å². The lowest BCUT2D eigenvalue weighted by molar-refractivity contribution is -0.120. The Balaban J connectivity index is 2.99. The maximum atomic E-state index is 12.1. The third-order valence-corrected chi connectivity index (χ3v) is 4.03. The standard InChI is InChI=1S/C14H21NO2S/c1-5-11(6-2)14(16)15-12-9-10(3)7-8-13(12)18(4)17/h7-9,11H,5-6H2,1-4H3,(H,15,16). The summed E-state index contributed by atoms with van der Waals surface area (Å²) >= 11 is 0. The van der Waals surface area contributed by atoms with E-state index in [-0.39, 0.29) is 11.8 Å². The highest BCUT2D eigenvalue weighted by Crippen LogP contribution is 2.22. The molecular weight excluding hydrogens is 246 g/mol. The Morgan fingerprint density at radius 1 is 1.33 bits per heavy atom. The number of hydrogen-bond donors (Lipinski definition) is 1. The molecule has 0 aliphatic heterocycles. The largest absolute Gasteiger partial charge is 0.325 e. The highest BCUT2D eigenvalue weighted by atomic mass is 32.2. The summed E-state index contributed by atoms with van der Waals surface area (Å²) in [4.78, 5) is 12.7. The van der Waals surface area contributed by atoms with Crippen molar-refractivity contribution in [2.75, 3.05) is 11.6 Å². The van der Waals surface area contributed by atoms with Gasteiger partial charge >= 0.3 is 0 Å². The molecule has 0 heterocycles. The van der Waals surface area contributed by atoms with Crippen molar-refractivity contribution >= 4 is 22.4 Å². The molecule has 0 fully saturated rings. The van der Waals surface area contributed by atoms with Crippen LogP contribution in [0.1, 0.15) is 32.3 Å². The minimum atomic E-state index is -1.10. The maximum Gasteiger partial charge on any atom is 0.227 e. The van der Waals surface area contributed by atoms with Crippen molar-refractivity contribution in [1.82, 2.24) is 0 Å². The molecule has 0 aliphatic carbocycles. The van der Waals surface area contributed by atoms with E-state index in [1.165, 1.54) is 0 Å². The second-order valence-corrected chi connectivity index (χ2v) is 5.80. The van der Waals surface area contributed by atoms with Crippen LogP contribution in [-0.4, -0.2) is 16.4 Å². The van der Waals surface area contributed by atoms with E-state index in [4.69, 9.17) is 0 Å². The van der Waals surface area contributed by atoms with Gasteiger partial charge in [0.15, 0.2) is 0 Å². The van der Waals surface area contributed by atoms with Crippen LogP contribution < -0.4 is 5.32 Å². The molecule has 1 rings (SSSR count). The summed E-state index contributed by atoms with van der Waals surface area (Å²) in [7, 11) is -1.10. The van der Waals surface area contributed by atoms with Crippen molar-refractivity contribution in [3.63, 3.8) is 0 Å². The Bertz CT molecular complexity index is 453. The molecule has 0 bridgehead atoms. The second-order valence-electron chi connectivity index (χ2n) is 4.46. The van der Waals surface area contributed by atoms with Crippen LogP contribution in [0, 0.1) is 12.8 Å². The number of nitrogens with one attached hydrogen (secondary N) is 1. The molecule has 1 aromatic carbocycles. The van der Waals surface area contributed by atoms with Crippen LogP contribution in [0.15, 0.2) is 23.1 Å². The van der Waals surface area contributed by atoms with Gasteiger partial charge in [-0.15, -0.1) is 0 Å². The van der Waals surface area contributed by atoms with Gasteiger partial charge in [0, 0.05) is 12.2 Å². The molecule has 0 radical (unpaired) electrons. The van der Waals surface area contributed by atoms with Crippen LogP contribution in [0.2, 0.25) is 0 Å². The Morgan fingerprint density at radius 2 is 1.94 bits per heavy atom. The van der Waals surface area contributed by atoms with E-state index in [0.29, 0.717) is 10.6 Å². The molecule has 0 saturated heterocycles. The summed E-state index contributed by atoms with van der Waals surface area (Å²) in [6, 6.07) is 5.59. The van der Waals surface area contributed by atoms with Gasteiger partial charge in [0.05, 0.1) is 21.4 Å². The molecule has 0 aromatic heterocycles. The third kappa shape index (κ3) is 3.67. The molecule has 1 unspecified atom stereocenters. The number of anilines is 1. The zero-order chi connectivity index (χ0) is 13.7. The normalized spacial score (nSPS) is 12.5. The predicted molar refractivity (Wildman–Crippen MR) is 76.2 cm³/mol. The van der Waals surface area contributed by atoms with Gasteiger partial charge in [-0.05, 0) is 37.5 Å². The third-order valence-electron chi connectivity index (χ3n) is 3.06. The molecule has 4 heteroatoms. The summed E-state index contributed by atoms with van der Waals surface area (Å²) in [5.74, 6) is 0.0287. The Labute approximate surface area is 111 Å². The summed E-state index contributed by atoms with van der Waals surface area (Å²) in [5, 5.41) is 2.90. The van der Waals surface area contributed by atoms with Crippen molar-refractivity contribution in [2.24, 2.45) is 5.92 Å². The van der Waals surface area contributed by atoms with Gasteiger partial charge in [0.2, 0.25) is 5.91 Å². The number of aryl methyl sites for hydroxylation is 1. The van der Waals surface area contributed by atoms with Gasteiger partial charge in [-0.3, -0.25) is 9.00 Å². The topological polar surface area (TPSA) is 46.2 Å². The van der Waals surface area contributed by atoms with Crippen LogP contribution in [-0.2, 0) is 15.6 Å². The Hall–Kier alpha value is -1.16. The quantitative estimate of drug-likeness (QED) is 0.891. The van der Waals surface area contributed by atoms with Crippen LogP contribution >= 0.6 is 0 Å². The van der Waals surface area contributed by atoms with Crippen molar-refractivity contribution in [2.45, 2.75) is 38.5 Å². The fourth-order valence-electron chi connectivity index (χ4n) is 1.89. The van der Waals surface area contributed by atoms with Gasteiger partial charge in [0.25, 0.3) is 0 Å². The van der Waals surface area contributed by atoms with Crippen LogP contribution in [0.4, 0.5) is 5.69 Å². The second kappa shape index (κ2) is 6.69. The van der Waals surface area contributed by atoms with Crippen molar-refractivity contribution in [3.05, 3.63) is 23.8 Å². The van der Waals surface area contributed by atoms with E-state index >= 15 is 0 Å². The van der Waals surface area contributed by atoms with E-state index in [2.05, 4.69) is 5.32 Å². The van der Waals surface area contributed by atoms with Gasteiger partial charge in [-0.25, -0.2) is 0 Å². The van der Waals surface area contributed by atoms with Crippen LogP contribution in [0.25, 0.3) is 0 Å². The molecule has 0 aliphatic rings. The van der Waals surface area contributed by atoms with Gasteiger partial charge in [-0.2, -0.15) is 0 Å². The summed E-state index contributed by atoms with van der Waals surface area (Å²) < 4.78 is 11.6. The average molecular weight is 267 g/mol. The monoisotopic (exact) mass is 267 g/mol. The van der Waals surface area contributed by atoms with E-state index in [1.54, 1.807) is 6.26 Å². The van der Waals surface area contributed by atoms with Crippen LogP contribution in [0.5, 0.6) is 0 Å². The summed E-state index contributed by atoms with van der Waals surface area (Å²) in [6.45, 7) is 5.96. The molecular formula is C14H21NO2S. The van der Waals surface area contributed by atoms with Crippen molar-refractivity contribution in [1.29, 1.82) is 0 Å². The number of benzene rings is 1. The lowest BCUT2D eigenvalue weighted by atomic mass is 10.0. The minimum Gasteiger partial charge on any atom is -0.325 e. The molecule has 0 saturated carbocycles. The highest BCUT2D eigenvalue weighted by Gasteiger charge is 2.16. The summed E-state index contributed by atoms with van der Waals surface area (Å²) in [6.07, 6.45) is 3.26. The first-order valence-corrected chi connectivity index (χ1v) is 7.80. The van der Waals surface area contributed by atoms with Crippen LogP contribution in [0.3, 0.4) is 0 Å². The number of rotatable bonds is 5. The maximum absolute atomic E-state index is 12.1. The zero-order valence-corrected chi connectivity index (χ0v) is 12.3. The zero-order valence-electron chi connectivity index (χ0n) is 11.4. The molecule has 1 amide bonds. The first-order chi connectivity index (χ1) is 8.49. The number of carbonyl (C=O) groups is 1. The number of amides is 1. The molecule has 1 aromatic rings. The lowest BCUT2D eigenvalue weighted by Gasteiger charge is -2.15. The highest BCUT2D eigenvalue weighted by molar-refractivity contribution is 7.84. The van der Waals surface area contributed by atoms with E-state index in [1.807, 2.05) is 39.0 Å². The fraction of sp³-hybridized carbons (Fsp3) is 0.500. The lowest BCUT2D eigenvalue weighted by Crippen LogP contribution is -2.22. The molecule has 1 atom stereocenters. The molecule has 18 heavy (non-hydrogen) atoms. The predicted octanol–water partition coefficient (Wildman–Crippen LogP) is 3.11. The summed E-state index contributed by atoms with van der Waals surface area (Å²) in [5.41, 5.74) is 1.72. The van der Waals surface area contributed by atoms with E-state index in [9.17, 15) is 9.00 Å². The Morgan fingerprint density at radius 3 is 2.44 bits per heavy atom. The minimum absolute atomic E-state index is 0.0114.